The number of rotatable bonds is 5. The van der Waals surface area contributed by atoms with Gasteiger partial charge < -0.3 is 15.4 Å². The molecule has 1 aliphatic rings. The number of nitriles is 2. The Morgan fingerprint density at radius 3 is 2.32 bits per heavy atom. The summed E-state index contributed by atoms with van der Waals surface area (Å²) in [7, 11) is 0. The van der Waals surface area contributed by atoms with E-state index >= 15 is 0 Å². The van der Waals surface area contributed by atoms with Crippen LogP contribution in [-0.4, -0.2) is 42.1 Å². The molecule has 1 unspecified atom stereocenters. The first-order valence-electron chi connectivity index (χ1n) is 10.8. The molecule has 1 fully saturated rings. The van der Waals surface area contributed by atoms with Crippen LogP contribution in [0.3, 0.4) is 0 Å². The molecule has 1 saturated heterocycles. The summed E-state index contributed by atoms with van der Waals surface area (Å²) < 4.78 is 5.40. The minimum Gasteiger partial charge on any atom is -0.383 e. The van der Waals surface area contributed by atoms with Crippen molar-refractivity contribution >= 4 is 23.5 Å². The second-order valence-electron chi connectivity index (χ2n) is 7.86. The highest BCUT2D eigenvalue weighted by molar-refractivity contribution is 8.00. The third-order valence-corrected chi connectivity index (χ3v) is 6.86. The maximum Gasteiger partial charge on any atom is 0.240 e. The van der Waals surface area contributed by atoms with E-state index in [4.69, 9.17) is 10.5 Å². The first kappa shape index (κ1) is 23.3. The average molecular weight is 470 g/mol. The molecule has 1 atom stereocenters. The predicted molar refractivity (Wildman–Crippen MR) is 131 cm³/mol. The van der Waals surface area contributed by atoms with Crippen molar-refractivity contribution in [2.75, 3.05) is 32.0 Å². The molecule has 2 aromatic carbocycles. The predicted octanol–water partition coefficient (Wildman–Crippen LogP) is 4.07. The molecule has 34 heavy (non-hydrogen) atoms. The summed E-state index contributed by atoms with van der Waals surface area (Å²) >= 11 is 1.19. The van der Waals surface area contributed by atoms with Gasteiger partial charge in [-0.1, -0.05) is 71.9 Å². The largest absolute Gasteiger partial charge is 0.383 e. The molecule has 1 amide bonds. The maximum absolute atomic E-state index is 13.6. The summed E-state index contributed by atoms with van der Waals surface area (Å²) in [6.07, 6.45) is 0. The second kappa shape index (κ2) is 10.4. The van der Waals surface area contributed by atoms with Gasteiger partial charge in [0.15, 0.2) is 0 Å². The quantitative estimate of drug-likeness (QED) is 0.560. The Hall–Kier alpha value is -3.85. The number of morpholine rings is 1. The Bertz CT molecular complexity index is 1270. The van der Waals surface area contributed by atoms with Crippen LogP contribution in [0.5, 0.6) is 0 Å². The summed E-state index contributed by atoms with van der Waals surface area (Å²) in [5, 5.41) is 19.6. The Labute approximate surface area is 202 Å². The van der Waals surface area contributed by atoms with Crippen LogP contribution in [0.25, 0.3) is 11.1 Å². The normalized spacial score (nSPS) is 14.1. The molecular formula is C26H23N5O2S. The zero-order chi connectivity index (χ0) is 24.1. The van der Waals surface area contributed by atoms with Gasteiger partial charge in [0.25, 0.3) is 0 Å². The minimum atomic E-state index is -0.628. The number of hydrogen-bond donors (Lipinski definition) is 1. The molecular weight excluding hydrogens is 446 g/mol. The highest BCUT2D eigenvalue weighted by atomic mass is 32.2. The van der Waals surface area contributed by atoms with E-state index in [0.29, 0.717) is 42.5 Å². The molecule has 0 radical (unpaired) electrons. The number of aryl methyl sites for hydroxylation is 1. The number of nitrogens with two attached hydrogens (primary N) is 1. The SMILES string of the molecule is Cc1ccc(-c2c(C#N)c(N)nc(SC(C(=O)N3CCOCC3)c3ccccc3)c2C#N)cc1. The second-order valence-corrected chi connectivity index (χ2v) is 8.96. The Balaban J connectivity index is 1.83. The number of nitrogens with zero attached hydrogens (tertiary/aromatic N) is 4. The number of anilines is 1. The Morgan fingerprint density at radius 2 is 1.71 bits per heavy atom. The molecule has 3 aromatic rings. The lowest BCUT2D eigenvalue weighted by Gasteiger charge is -2.30. The molecule has 2 N–H and O–H groups in total. The van der Waals surface area contributed by atoms with Crippen molar-refractivity contribution in [2.24, 2.45) is 0 Å². The number of carbonyl (C=O) groups is 1. The highest BCUT2D eigenvalue weighted by Gasteiger charge is 2.31. The molecule has 4 rings (SSSR count). The molecule has 0 aliphatic carbocycles. The molecule has 0 saturated carbocycles. The fourth-order valence-electron chi connectivity index (χ4n) is 3.84. The number of hydrogen-bond acceptors (Lipinski definition) is 7. The number of aromatic nitrogens is 1. The fourth-order valence-corrected chi connectivity index (χ4v) is 5.03. The Morgan fingerprint density at radius 1 is 1.06 bits per heavy atom. The van der Waals surface area contributed by atoms with Crippen LogP contribution in [0.15, 0.2) is 59.6 Å². The van der Waals surface area contributed by atoms with Crippen molar-refractivity contribution in [2.45, 2.75) is 17.2 Å². The summed E-state index contributed by atoms with van der Waals surface area (Å²) in [5.74, 6) is -0.0461. The van der Waals surface area contributed by atoms with Crippen molar-refractivity contribution < 1.29 is 9.53 Å². The first-order valence-corrected chi connectivity index (χ1v) is 11.7. The van der Waals surface area contributed by atoms with Crippen LogP contribution in [-0.2, 0) is 9.53 Å². The molecule has 0 spiro atoms. The monoisotopic (exact) mass is 469 g/mol. The van der Waals surface area contributed by atoms with E-state index in [-0.39, 0.29) is 22.9 Å². The van der Waals surface area contributed by atoms with Gasteiger partial charge in [0, 0.05) is 18.7 Å². The molecule has 0 bridgehead atoms. The highest BCUT2D eigenvalue weighted by Crippen LogP contribution is 2.42. The van der Waals surface area contributed by atoms with Crippen molar-refractivity contribution in [3.05, 3.63) is 76.9 Å². The Kier molecular flexibility index (Phi) is 7.12. The lowest BCUT2D eigenvalue weighted by Crippen LogP contribution is -2.42. The van der Waals surface area contributed by atoms with Crippen LogP contribution in [0.1, 0.15) is 27.5 Å². The molecule has 7 nitrogen and oxygen atoms in total. The number of ether oxygens (including phenoxy) is 1. The zero-order valence-electron chi connectivity index (χ0n) is 18.7. The number of benzene rings is 2. The zero-order valence-corrected chi connectivity index (χ0v) is 19.5. The van der Waals surface area contributed by atoms with E-state index in [1.165, 1.54) is 11.8 Å². The molecule has 2 heterocycles. The third-order valence-electron chi connectivity index (χ3n) is 5.63. The van der Waals surface area contributed by atoms with E-state index < -0.39 is 5.25 Å². The number of thioether (sulfide) groups is 1. The number of carbonyl (C=O) groups excluding carboxylic acids is 1. The van der Waals surface area contributed by atoms with Gasteiger partial charge in [-0.3, -0.25) is 4.79 Å². The fraction of sp³-hybridized carbons (Fsp3) is 0.231. The lowest BCUT2D eigenvalue weighted by atomic mass is 9.96. The summed E-state index contributed by atoms with van der Waals surface area (Å²) in [4.78, 5) is 19.7. The van der Waals surface area contributed by atoms with Crippen LogP contribution < -0.4 is 5.73 Å². The van der Waals surface area contributed by atoms with Gasteiger partial charge in [-0.25, -0.2) is 4.98 Å². The summed E-state index contributed by atoms with van der Waals surface area (Å²) in [6, 6.07) is 21.3. The van der Waals surface area contributed by atoms with E-state index in [1.54, 1.807) is 4.90 Å². The van der Waals surface area contributed by atoms with Crippen LogP contribution in [0, 0.1) is 29.6 Å². The summed E-state index contributed by atoms with van der Waals surface area (Å²) in [6.45, 7) is 3.95. The van der Waals surface area contributed by atoms with Crippen LogP contribution >= 0.6 is 11.8 Å². The topological polar surface area (TPSA) is 116 Å². The van der Waals surface area contributed by atoms with Crippen molar-refractivity contribution in [3.8, 4) is 23.3 Å². The van der Waals surface area contributed by atoms with Crippen molar-refractivity contribution in [1.29, 1.82) is 10.5 Å². The number of pyridine rings is 1. The third kappa shape index (κ3) is 4.74. The van der Waals surface area contributed by atoms with Gasteiger partial charge >= 0.3 is 0 Å². The first-order chi connectivity index (χ1) is 16.5. The van der Waals surface area contributed by atoms with E-state index in [2.05, 4.69) is 17.1 Å². The van der Waals surface area contributed by atoms with Gasteiger partial charge in [0.1, 0.15) is 33.8 Å². The number of nitrogen functional groups attached to an aromatic ring is 1. The van der Waals surface area contributed by atoms with Crippen molar-refractivity contribution in [3.63, 3.8) is 0 Å². The standard InChI is InChI=1S/C26H23N5O2S/c1-17-7-9-18(10-8-17)22-20(15-27)24(29)30-25(21(22)16-28)34-23(19-5-3-2-4-6-19)26(32)31-11-13-33-14-12-31/h2-10,23H,11-14H2,1H3,(H2,29,30). The number of amides is 1. The van der Waals surface area contributed by atoms with Gasteiger partial charge in [0.2, 0.25) is 5.91 Å². The van der Waals surface area contributed by atoms with Crippen molar-refractivity contribution in [1.82, 2.24) is 9.88 Å². The lowest BCUT2D eigenvalue weighted by molar-refractivity contribution is -0.134. The van der Waals surface area contributed by atoms with Gasteiger partial charge in [-0.15, -0.1) is 0 Å². The van der Waals surface area contributed by atoms with E-state index in [1.807, 2.05) is 61.5 Å². The van der Waals surface area contributed by atoms with Gasteiger partial charge in [0.05, 0.1) is 18.8 Å². The molecule has 1 aliphatic heterocycles. The average Bonchev–Trinajstić information content (AvgIpc) is 2.88. The maximum atomic E-state index is 13.6. The summed E-state index contributed by atoms with van der Waals surface area (Å²) in [5.41, 5.74) is 9.56. The molecule has 170 valence electrons. The smallest absolute Gasteiger partial charge is 0.240 e. The van der Waals surface area contributed by atoms with Crippen LogP contribution in [0.4, 0.5) is 5.82 Å². The molecule has 8 heteroatoms. The minimum absolute atomic E-state index is 0.0326. The van der Waals surface area contributed by atoms with E-state index in [0.717, 1.165) is 11.1 Å². The molecule has 1 aromatic heterocycles. The van der Waals surface area contributed by atoms with E-state index in [9.17, 15) is 15.3 Å². The van der Waals surface area contributed by atoms with Gasteiger partial charge in [-0.2, -0.15) is 10.5 Å². The van der Waals surface area contributed by atoms with Crippen LogP contribution in [0.2, 0.25) is 0 Å². The van der Waals surface area contributed by atoms with Gasteiger partial charge in [-0.05, 0) is 18.1 Å².